The lowest BCUT2D eigenvalue weighted by atomic mass is 10.1. The van der Waals surface area contributed by atoms with Gasteiger partial charge in [0.1, 0.15) is 4.33 Å². The molecule has 0 radical (unpaired) electrons. The summed E-state index contributed by atoms with van der Waals surface area (Å²) in [5.41, 5.74) is 5.79. The fourth-order valence-corrected chi connectivity index (χ4v) is 2.41. The van der Waals surface area contributed by atoms with Crippen LogP contribution in [0.4, 0.5) is 0 Å². The molecule has 1 aliphatic heterocycles. The van der Waals surface area contributed by atoms with Crippen molar-refractivity contribution in [2.24, 2.45) is 11.7 Å². The highest BCUT2D eigenvalue weighted by Crippen LogP contribution is 2.54. The highest BCUT2D eigenvalue weighted by atomic mass is 35.5. The Bertz CT molecular complexity index is 260. The molecule has 2 rings (SSSR count). The van der Waals surface area contributed by atoms with Crippen molar-refractivity contribution in [2.45, 2.75) is 29.6 Å². The molecule has 88 valence electrons. The number of rotatable bonds is 1. The summed E-state index contributed by atoms with van der Waals surface area (Å²) in [5.74, 6) is -0.124. The largest absolute Gasteiger partial charge is 0.341 e. The molecule has 2 fully saturated rings. The first-order valence-corrected chi connectivity index (χ1v) is 5.68. The van der Waals surface area contributed by atoms with Crippen molar-refractivity contribution in [1.29, 1.82) is 0 Å². The van der Waals surface area contributed by atoms with Gasteiger partial charge in [-0.15, -0.1) is 35.6 Å². The molecule has 1 saturated heterocycles. The third-order valence-corrected chi connectivity index (χ3v) is 3.73. The lowest BCUT2D eigenvalue weighted by molar-refractivity contribution is -0.133. The van der Waals surface area contributed by atoms with Crippen molar-refractivity contribution in [3.63, 3.8) is 0 Å². The third kappa shape index (κ3) is 2.90. The zero-order valence-electron chi connectivity index (χ0n) is 8.29. The standard InChI is InChI=1S/C9H14Cl2N2O.ClH/c10-9(11)4-7(9)8(14)13-3-1-2-6(12)5-13;/h6-7H,1-5,12H2;1H/t6-,7?;/m1./s1. The van der Waals surface area contributed by atoms with E-state index >= 15 is 0 Å². The second-order valence-corrected chi connectivity index (χ2v) is 5.75. The average Bonchev–Trinajstić information content (AvgIpc) is 2.74. The molecule has 1 amide bonds. The number of halogens is 3. The van der Waals surface area contributed by atoms with Crippen LogP contribution in [0.1, 0.15) is 19.3 Å². The van der Waals surface area contributed by atoms with E-state index in [1.54, 1.807) is 4.90 Å². The molecule has 1 unspecified atom stereocenters. The van der Waals surface area contributed by atoms with Crippen LogP contribution in [0.25, 0.3) is 0 Å². The monoisotopic (exact) mass is 272 g/mol. The minimum absolute atomic E-state index is 0. The maximum atomic E-state index is 11.8. The second kappa shape index (κ2) is 4.66. The second-order valence-electron chi connectivity index (χ2n) is 4.20. The highest BCUT2D eigenvalue weighted by molar-refractivity contribution is 6.52. The van der Waals surface area contributed by atoms with Gasteiger partial charge in [0.25, 0.3) is 0 Å². The van der Waals surface area contributed by atoms with Gasteiger partial charge in [-0.3, -0.25) is 4.79 Å². The lowest BCUT2D eigenvalue weighted by Gasteiger charge is -2.31. The topological polar surface area (TPSA) is 46.3 Å². The Kier molecular flexibility index (Phi) is 4.15. The quantitative estimate of drug-likeness (QED) is 0.737. The predicted octanol–water partition coefficient (Wildman–Crippen LogP) is 1.55. The Morgan fingerprint density at radius 2 is 2.07 bits per heavy atom. The molecule has 1 saturated carbocycles. The summed E-state index contributed by atoms with van der Waals surface area (Å²) in [5, 5.41) is 0. The van der Waals surface area contributed by atoms with Gasteiger partial charge in [-0.2, -0.15) is 0 Å². The number of nitrogens with two attached hydrogens (primary N) is 1. The van der Waals surface area contributed by atoms with Gasteiger partial charge in [-0.05, 0) is 19.3 Å². The molecule has 2 N–H and O–H groups in total. The Hall–Kier alpha value is 0.300. The van der Waals surface area contributed by atoms with E-state index in [1.807, 2.05) is 0 Å². The Morgan fingerprint density at radius 3 is 2.53 bits per heavy atom. The van der Waals surface area contributed by atoms with Gasteiger partial charge >= 0.3 is 0 Å². The van der Waals surface area contributed by atoms with Crippen molar-refractivity contribution in [2.75, 3.05) is 13.1 Å². The third-order valence-electron chi connectivity index (χ3n) is 2.89. The molecule has 3 nitrogen and oxygen atoms in total. The first-order valence-electron chi connectivity index (χ1n) is 4.93. The van der Waals surface area contributed by atoms with E-state index < -0.39 is 4.33 Å². The molecule has 0 spiro atoms. The number of hydrogen-bond acceptors (Lipinski definition) is 2. The van der Waals surface area contributed by atoms with Gasteiger partial charge in [-0.25, -0.2) is 0 Å². The molecule has 0 aromatic heterocycles. The van der Waals surface area contributed by atoms with E-state index in [9.17, 15) is 4.79 Å². The van der Waals surface area contributed by atoms with Gasteiger partial charge < -0.3 is 10.6 Å². The zero-order chi connectivity index (χ0) is 10.3. The Labute approximate surface area is 106 Å². The molecule has 15 heavy (non-hydrogen) atoms. The number of hydrogen-bond donors (Lipinski definition) is 1. The zero-order valence-corrected chi connectivity index (χ0v) is 10.6. The maximum Gasteiger partial charge on any atom is 0.228 e. The fraction of sp³-hybridized carbons (Fsp3) is 0.889. The number of carbonyl (C=O) groups excluding carboxylic acids is 1. The molecular formula is C9H15Cl3N2O. The van der Waals surface area contributed by atoms with Crippen LogP contribution in [-0.4, -0.2) is 34.3 Å². The highest BCUT2D eigenvalue weighted by Gasteiger charge is 2.57. The van der Waals surface area contributed by atoms with Crippen molar-refractivity contribution in [3.8, 4) is 0 Å². The first-order chi connectivity index (χ1) is 6.50. The molecule has 0 aromatic carbocycles. The van der Waals surface area contributed by atoms with Crippen molar-refractivity contribution < 1.29 is 4.79 Å². The van der Waals surface area contributed by atoms with Gasteiger partial charge in [0, 0.05) is 19.1 Å². The van der Waals surface area contributed by atoms with E-state index in [4.69, 9.17) is 28.9 Å². The van der Waals surface area contributed by atoms with Crippen LogP contribution in [0.15, 0.2) is 0 Å². The van der Waals surface area contributed by atoms with Crippen LogP contribution >= 0.6 is 35.6 Å². The SMILES string of the molecule is Cl.N[C@@H]1CCCN(C(=O)C2CC2(Cl)Cl)C1. The van der Waals surface area contributed by atoms with Crippen LogP contribution in [0.3, 0.4) is 0 Å². The predicted molar refractivity (Wildman–Crippen MR) is 63.6 cm³/mol. The normalized spacial score (nSPS) is 33.1. The first kappa shape index (κ1) is 13.4. The summed E-state index contributed by atoms with van der Waals surface area (Å²) >= 11 is 11.7. The summed E-state index contributed by atoms with van der Waals surface area (Å²) in [6.07, 6.45) is 2.57. The van der Waals surface area contributed by atoms with Crippen LogP contribution in [0.5, 0.6) is 0 Å². The molecule has 1 heterocycles. The molecule has 2 aliphatic rings. The number of amides is 1. The van der Waals surface area contributed by atoms with Crippen molar-refractivity contribution in [3.05, 3.63) is 0 Å². The number of likely N-dealkylation sites (tertiary alicyclic amines) is 1. The van der Waals surface area contributed by atoms with Crippen LogP contribution in [0.2, 0.25) is 0 Å². The van der Waals surface area contributed by atoms with Crippen LogP contribution in [-0.2, 0) is 4.79 Å². The molecule has 6 heteroatoms. The van der Waals surface area contributed by atoms with E-state index in [0.29, 0.717) is 13.0 Å². The number of alkyl halides is 2. The van der Waals surface area contributed by atoms with E-state index in [0.717, 1.165) is 19.4 Å². The van der Waals surface area contributed by atoms with E-state index in [2.05, 4.69) is 0 Å². The number of piperidine rings is 1. The summed E-state index contributed by atoms with van der Waals surface area (Å²) in [4.78, 5) is 13.6. The van der Waals surface area contributed by atoms with Crippen molar-refractivity contribution >= 4 is 41.5 Å². The minimum Gasteiger partial charge on any atom is -0.341 e. The molecule has 0 bridgehead atoms. The molecular weight excluding hydrogens is 258 g/mol. The Morgan fingerprint density at radius 1 is 1.47 bits per heavy atom. The van der Waals surface area contributed by atoms with Gasteiger partial charge in [0.2, 0.25) is 5.91 Å². The van der Waals surface area contributed by atoms with Gasteiger partial charge in [0.15, 0.2) is 0 Å². The molecule has 0 aromatic rings. The summed E-state index contributed by atoms with van der Waals surface area (Å²) in [6, 6.07) is 0.117. The van der Waals surface area contributed by atoms with E-state index in [-0.39, 0.29) is 30.3 Å². The fourth-order valence-electron chi connectivity index (χ4n) is 1.91. The molecule has 2 atom stereocenters. The number of carbonyl (C=O) groups is 1. The molecule has 1 aliphatic carbocycles. The number of nitrogens with zero attached hydrogens (tertiary/aromatic N) is 1. The smallest absolute Gasteiger partial charge is 0.228 e. The van der Waals surface area contributed by atoms with Crippen molar-refractivity contribution in [1.82, 2.24) is 4.90 Å². The van der Waals surface area contributed by atoms with Gasteiger partial charge in [-0.1, -0.05) is 0 Å². The lowest BCUT2D eigenvalue weighted by Crippen LogP contribution is -2.46. The Balaban J connectivity index is 0.00000112. The van der Waals surface area contributed by atoms with Gasteiger partial charge in [0.05, 0.1) is 5.92 Å². The summed E-state index contributed by atoms with van der Waals surface area (Å²) in [7, 11) is 0. The maximum absolute atomic E-state index is 11.8. The van der Waals surface area contributed by atoms with Crippen LogP contribution in [0, 0.1) is 5.92 Å². The summed E-state index contributed by atoms with van der Waals surface area (Å²) < 4.78 is -0.807. The summed E-state index contributed by atoms with van der Waals surface area (Å²) in [6.45, 7) is 1.45. The minimum atomic E-state index is -0.807. The van der Waals surface area contributed by atoms with E-state index in [1.165, 1.54) is 0 Å². The average molecular weight is 274 g/mol. The van der Waals surface area contributed by atoms with Crippen LogP contribution < -0.4 is 5.73 Å².